The zero-order valence-electron chi connectivity index (χ0n) is 19.0. The molecule has 1 heteroatoms. The third-order valence-corrected chi connectivity index (χ3v) is 6.53. The van der Waals surface area contributed by atoms with Crippen LogP contribution in [0.4, 0.5) is 0 Å². The summed E-state index contributed by atoms with van der Waals surface area (Å²) in [6.45, 7) is 2.26. The lowest BCUT2D eigenvalue weighted by atomic mass is 9.89. The molecule has 0 aliphatic heterocycles. The molecule has 0 amide bonds. The molecule has 1 aliphatic carbocycles. The molecule has 162 valence electrons. The fourth-order valence-corrected chi connectivity index (χ4v) is 4.75. The first-order valence-electron chi connectivity index (χ1n) is 11.7. The van der Waals surface area contributed by atoms with Crippen LogP contribution in [0.15, 0.2) is 109 Å². The first-order valence-corrected chi connectivity index (χ1v) is 11.7. The van der Waals surface area contributed by atoms with Crippen LogP contribution in [0.25, 0.3) is 22.3 Å². The van der Waals surface area contributed by atoms with Gasteiger partial charge < -0.3 is 5.11 Å². The molecule has 4 aromatic rings. The summed E-state index contributed by atoms with van der Waals surface area (Å²) < 4.78 is 0. The standard InChI is InChI=1S/C32H28O/c1-2-23-13-17-25(18-14-23)29-21-30(26-19-15-24(22-33)16-20-26)32(28-11-7-4-8-12-28)31(29)27-9-5-3-6-10-27/h3-20,33H,2,21-22H2,1H3. The van der Waals surface area contributed by atoms with Gasteiger partial charge in [0.2, 0.25) is 0 Å². The monoisotopic (exact) mass is 428 g/mol. The number of hydrogen-bond donors (Lipinski definition) is 1. The van der Waals surface area contributed by atoms with Gasteiger partial charge in [-0.3, -0.25) is 0 Å². The summed E-state index contributed by atoms with van der Waals surface area (Å²) in [6.07, 6.45) is 1.92. The third kappa shape index (κ3) is 4.20. The van der Waals surface area contributed by atoms with Crippen LogP contribution >= 0.6 is 0 Å². The summed E-state index contributed by atoms with van der Waals surface area (Å²) >= 11 is 0. The predicted molar refractivity (Wildman–Crippen MR) is 139 cm³/mol. The lowest BCUT2D eigenvalue weighted by molar-refractivity contribution is 0.282. The van der Waals surface area contributed by atoms with Crippen molar-refractivity contribution in [1.29, 1.82) is 0 Å². The zero-order valence-corrected chi connectivity index (χ0v) is 19.0. The maximum absolute atomic E-state index is 9.53. The van der Waals surface area contributed by atoms with E-state index in [1.165, 1.54) is 50.1 Å². The Morgan fingerprint density at radius 2 is 0.939 bits per heavy atom. The molecule has 1 nitrogen and oxygen atoms in total. The van der Waals surface area contributed by atoms with Crippen molar-refractivity contribution in [3.8, 4) is 0 Å². The summed E-state index contributed by atoms with van der Waals surface area (Å²) in [4.78, 5) is 0. The first kappa shape index (κ1) is 21.2. The molecule has 0 saturated heterocycles. The molecule has 0 bridgehead atoms. The van der Waals surface area contributed by atoms with Crippen molar-refractivity contribution in [2.45, 2.75) is 26.4 Å². The molecule has 33 heavy (non-hydrogen) atoms. The molecule has 1 aliphatic rings. The largest absolute Gasteiger partial charge is 0.392 e. The van der Waals surface area contributed by atoms with E-state index < -0.39 is 0 Å². The first-order chi connectivity index (χ1) is 16.3. The second kappa shape index (κ2) is 9.44. The molecule has 0 saturated carbocycles. The molecule has 0 atom stereocenters. The van der Waals surface area contributed by atoms with Crippen molar-refractivity contribution in [2.24, 2.45) is 0 Å². The average molecular weight is 429 g/mol. The van der Waals surface area contributed by atoms with E-state index in [0.29, 0.717) is 0 Å². The van der Waals surface area contributed by atoms with Gasteiger partial charge in [-0.2, -0.15) is 0 Å². The van der Waals surface area contributed by atoms with Gasteiger partial charge in [-0.15, -0.1) is 0 Å². The lowest BCUT2D eigenvalue weighted by Crippen LogP contribution is -1.92. The van der Waals surface area contributed by atoms with E-state index >= 15 is 0 Å². The SMILES string of the molecule is CCc1ccc(C2=C(c3ccccc3)C(c3ccccc3)=C(c3ccc(CO)cc3)C2)cc1. The van der Waals surface area contributed by atoms with Gasteiger partial charge in [-0.05, 0) is 68.5 Å². The lowest BCUT2D eigenvalue weighted by Gasteiger charge is -2.15. The minimum atomic E-state index is 0.0629. The number of hydrogen-bond acceptors (Lipinski definition) is 1. The Morgan fingerprint density at radius 3 is 1.33 bits per heavy atom. The quantitative estimate of drug-likeness (QED) is 0.334. The fraction of sp³-hybridized carbons (Fsp3) is 0.125. The van der Waals surface area contributed by atoms with Gasteiger partial charge in [-0.1, -0.05) is 116 Å². The maximum Gasteiger partial charge on any atom is 0.0681 e. The van der Waals surface area contributed by atoms with Crippen molar-refractivity contribution in [3.63, 3.8) is 0 Å². The number of rotatable bonds is 6. The molecule has 5 rings (SSSR count). The van der Waals surface area contributed by atoms with E-state index in [0.717, 1.165) is 18.4 Å². The molecule has 0 fully saturated rings. The van der Waals surface area contributed by atoms with E-state index in [-0.39, 0.29) is 6.61 Å². The molecule has 0 aromatic heterocycles. The number of benzene rings is 4. The van der Waals surface area contributed by atoms with Crippen LogP contribution in [0.1, 0.15) is 46.7 Å². The summed E-state index contributed by atoms with van der Waals surface area (Å²) in [5.41, 5.74) is 12.6. The van der Waals surface area contributed by atoms with Crippen LogP contribution < -0.4 is 0 Å². The minimum absolute atomic E-state index is 0.0629. The average Bonchev–Trinajstić information content (AvgIpc) is 3.30. The second-order valence-corrected chi connectivity index (χ2v) is 8.52. The summed E-state index contributed by atoms with van der Waals surface area (Å²) in [5, 5.41) is 9.53. The van der Waals surface area contributed by atoms with E-state index in [4.69, 9.17) is 0 Å². The molecular weight excluding hydrogens is 400 g/mol. The maximum atomic E-state index is 9.53. The van der Waals surface area contributed by atoms with E-state index in [2.05, 4.69) is 104 Å². The van der Waals surface area contributed by atoms with Crippen LogP contribution in [-0.2, 0) is 13.0 Å². The van der Waals surface area contributed by atoms with Gasteiger partial charge in [-0.25, -0.2) is 0 Å². The van der Waals surface area contributed by atoms with E-state index in [1.54, 1.807) is 0 Å². The van der Waals surface area contributed by atoms with Crippen LogP contribution in [-0.4, -0.2) is 5.11 Å². The molecule has 1 N–H and O–H groups in total. The number of aryl methyl sites for hydroxylation is 1. The molecule has 0 heterocycles. The zero-order chi connectivity index (χ0) is 22.6. The third-order valence-electron chi connectivity index (χ3n) is 6.53. The highest BCUT2D eigenvalue weighted by Gasteiger charge is 2.28. The number of aliphatic hydroxyl groups excluding tert-OH is 1. The van der Waals surface area contributed by atoms with E-state index in [1.807, 2.05) is 12.1 Å². The highest BCUT2D eigenvalue weighted by atomic mass is 16.3. The summed E-state index contributed by atoms with van der Waals surface area (Å²) in [5.74, 6) is 0. The number of allylic oxidation sites excluding steroid dienone is 4. The van der Waals surface area contributed by atoms with Crippen LogP contribution in [0.3, 0.4) is 0 Å². The van der Waals surface area contributed by atoms with Crippen molar-refractivity contribution in [3.05, 3.63) is 143 Å². The van der Waals surface area contributed by atoms with Gasteiger partial charge in [0.15, 0.2) is 0 Å². The summed E-state index contributed by atoms with van der Waals surface area (Å²) in [7, 11) is 0. The van der Waals surface area contributed by atoms with Crippen molar-refractivity contribution < 1.29 is 5.11 Å². The Balaban J connectivity index is 1.75. The van der Waals surface area contributed by atoms with Crippen molar-refractivity contribution in [2.75, 3.05) is 0 Å². The van der Waals surface area contributed by atoms with Crippen molar-refractivity contribution in [1.82, 2.24) is 0 Å². The second-order valence-electron chi connectivity index (χ2n) is 8.52. The van der Waals surface area contributed by atoms with Gasteiger partial charge in [0.25, 0.3) is 0 Å². The Labute approximate surface area is 196 Å². The predicted octanol–water partition coefficient (Wildman–Crippen LogP) is 7.67. The van der Waals surface area contributed by atoms with Crippen LogP contribution in [0.2, 0.25) is 0 Å². The Hall–Kier alpha value is -3.68. The Morgan fingerprint density at radius 1 is 0.515 bits per heavy atom. The van der Waals surface area contributed by atoms with Gasteiger partial charge in [0.05, 0.1) is 6.61 Å². The van der Waals surface area contributed by atoms with Gasteiger partial charge >= 0.3 is 0 Å². The Bertz CT molecular complexity index is 1190. The highest BCUT2D eigenvalue weighted by Crippen LogP contribution is 2.51. The number of aliphatic hydroxyl groups is 1. The highest BCUT2D eigenvalue weighted by molar-refractivity contribution is 6.27. The van der Waals surface area contributed by atoms with Crippen LogP contribution in [0.5, 0.6) is 0 Å². The molecule has 0 spiro atoms. The van der Waals surface area contributed by atoms with Gasteiger partial charge in [0.1, 0.15) is 0 Å². The fourth-order valence-electron chi connectivity index (χ4n) is 4.75. The smallest absolute Gasteiger partial charge is 0.0681 e. The Kier molecular flexibility index (Phi) is 6.06. The molecular formula is C32H28O. The molecule has 4 aromatic carbocycles. The molecule has 0 unspecified atom stereocenters. The van der Waals surface area contributed by atoms with Crippen molar-refractivity contribution >= 4 is 22.3 Å². The van der Waals surface area contributed by atoms with E-state index in [9.17, 15) is 5.11 Å². The van der Waals surface area contributed by atoms with Crippen LogP contribution in [0, 0.1) is 0 Å². The van der Waals surface area contributed by atoms with Gasteiger partial charge in [0, 0.05) is 0 Å². The minimum Gasteiger partial charge on any atom is -0.392 e. The topological polar surface area (TPSA) is 20.2 Å². The molecule has 0 radical (unpaired) electrons. The summed E-state index contributed by atoms with van der Waals surface area (Å²) in [6, 6.07) is 38.9. The normalized spacial score (nSPS) is 13.6.